The number of ether oxygens (including phenoxy) is 2. The van der Waals surface area contributed by atoms with E-state index in [1.165, 1.54) is 0 Å². The zero-order valence-electron chi connectivity index (χ0n) is 30.7. The van der Waals surface area contributed by atoms with Gasteiger partial charge in [0, 0.05) is 45.0 Å². The van der Waals surface area contributed by atoms with Crippen LogP contribution < -0.4 is 21.3 Å². The average molecular weight is 715 g/mol. The highest BCUT2D eigenvalue weighted by Gasteiger charge is 2.15. The van der Waals surface area contributed by atoms with Gasteiger partial charge in [-0.15, -0.1) is 0 Å². The van der Waals surface area contributed by atoms with Crippen molar-refractivity contribution in [2.24, 2.45) is 9.98 Å². The number of fused-ring (bicyclic) bond motifs is 4. The lowest BCUT2D eigenvalue weighted by Gasteiger charge is -2.21. The van der Waals surface area contributed by atoms with Crippen molar-refractivity contribution in [2.45, 2.75) is 52.4 Å². The van der Waals surface area contributed by atoms with Gasteiger partial charge in [0.15, 0.2) is 0 Å². The van der Waals surface area contributed by atoms with Crippen LogP contribution in [0.5, 0.6) is 0 Å². The molecule has 0 fully saturated rings. The standard InChI is InChI=1S/C46H46N6O2/c1-33(35-17-5-3-6-18-35)47-45-49-41-25-13-9-21-37(41)29-53-31-39-23-11-15-27-43(39)51-46(48-34(2)36-19-7-4-8-20-36)52-44-28-16-12-24-40(44)32-54-30-38-22-10-14-26-42(38)50-45/h3-28,33-34H,29-32H2,1-2H3,(H2,47,49,50)(H2,48,51,52)/t33-,34-/m0/s1. The van der Waals surface area contributed by atoms with Crippen LogP contribution in [0.25, 0.3) is 0 Å². The van der Waals surface area contributed by atoms with Crippen molar-refractivity contribution in [3.05, 3.63) is 191 Å². The summed E-state index contributed by atoms with van der Waals surface area (Å²) in [5, 5.41) is 14.5. The molecule has 4 N–H and O–H groups in total. The van der Waals surface area contributed by atoms with Crippen LogP contribution in [0.4, 0.5) is 22.7 Å². The highest BCUT2D eigenvalue weighted by molar-refractivity contribution is 6.05. The van der Waals surface area contributed by atoms with Gasteiger partial charge in [0.05, 0.1) is 38.5 Å². The van der Waals surface area contributed by atoms with Crippen LogP contribution in [0.15, 0.2) is 168 Å². The summed E-state index contributed by atoms with van der Waals surface area (Å²) in [4.78, 5) is 10.3. The Bertz CT molecular complexity index is 1930. The third-order valence-corrected chi connectivity index (χ3v) is 9.32. The SMILES string of the molecule is C[C@H](N=C1Nc2ccccc2COCc2ccccc2NC(=N[C@@H](C)c2ccccc2)Nc2ccccc2COCc2ccccc2N1)c1ccccc1. The van der Waals surface area contributed by atoms with Crippen LogP contribution in [0, 0.1) is 0 Å². The van der Waals surface area contributed by atoms with Gasteiger partial charge in [-0.3, -0.25) is 0 Å². The second-order valence-corrected chi connectivity index (χ2v) is 13.2. The van der Waals surface area contributed by atoms with Gasteiger partial charge in [-0.05, 0) is 49.2 Å². The maximum absolute atomic E-state index is 6.44. The van der Waals surface area contributed by atoms with Crippen molar-refractivity contribution in [3.8, 4) is 0 Å². The number of rotatable bonds is 4. The predicted molar refractivity (Wildman–Crippen MR) is 222 cm³/mol. The van der Waals surface area contributed by atoms with Crippen LogP contribution >= 0.6 is 0 Å². The van der Waals surface area contributed by atoms with Gasteiger partial charge in [0.1, 0.15) is 0 Å². The minimum atomic E-state index is -0.101. The summed E-state index contributed by atoms with van der Waals surface area (Å²) in [6, 6.07) is 53.1. The number of anilines is 4. The molecule has 272 valence electrons. The maximum atomic E-state index is 6.44. The quantitative estimate of drug-likeness (QED) is 0.145. The van der Waals surface area contributed by atoms with Crippen molar-refractivity contribution in [2.75, 3.05) is 21.3 Å². The van der Waals surface area contributed by atoms with Gasteiger partial charge in [-0.1, -0.05) is 133 Å². The molecule has 0 aromatic heterocycles. The van der Waals surface area contributed by atoms with E-state index in [4.69, 9.17) is 19.5 Å². The van der Waals surface area contributed by atoms with E-state index in [0.29, 0.717) is 38.3 Å². The first-order chi connectivity index (χ1) is 26.6. The molecule has 1 heterocycles. The van der Waals surface area contributed by atoms with Gasteiger partial charge in [-0.2, -0.15) is 0 Å². The van der Waals surface area contributed by atoms with Crippen molar-refractivity contribution < 1.29 is 9.47 Å². The van der Waals surface area contributed by atoms with Gasteiger partial charge < -0.3 is 30.7 Å². The van der Waals surface area contributed by atoms with Gasteiger partial charge in [-0.25, -0.2) is 9.98 Å². The molecule has 1 aliphatic rings. The zero-order valence-corrected chi connectivity index (χ0v) is 30.7. The highest BCUT2D eigenvalue weighted by atomic mass is 16.5. The van der Waals surface area contributed by atoms with Gasteiger partial charge >= 0.3 is 0 Å². The molecule has 0 saturated carbocycles. The van der Waals surface area contributed by atoms with Crippen molar-refractivity contribution in [1.82, 2.24) is 0 Å². The molecule has 8 nitrogen and oxygen atoms in total. The van der Waals surface area contributed by atoms with Gasteiger partial charge in [0.2, 0.25) is 11.9 Å². The first-order valence-corrected chi connectivity index (χ1v) is 18.4. The molecule has 0 radical (unpaired) electrons. The minimum absolute atomic E-state index is 0.101. The topological polar surface area (TPSA) is 91.3 Å². The van der Waals surface area contributed by atoms with Crippen LogP contribution in [0.2, 0.25) is 0 Å². The third kappa shape index (κ3) is 9.60. The summed E-state index contributed by atoms with van der Waals surface area (Å²) in [6.45, 7) is 5.76. The Labute approximate surface area is 318 Å². The normalized spacial score (nSPS) is 14.8. The first kappa shape index (κ1) is 36.2. The number of nitrogens with zero attached hydrogens (tertiary/aromatic N) is 2. The van der Waals surface area contributed by atoms with E-state index in [1.807, 2.05) is 84.9 Å². The minimum Gasteiger partial charge on any atom is -0.372 e. The molecule has 0 aliphatic carbocycles. The number of aliphatic imine (C=N–C) groups is 2. The molecule has 8 heteroatoms. The molecule has 0 amide bonds. The van der Waals surface area contributed by atoms with E-state index in [-0.39, 0.29) is 12.1 Å². The average Bonchev–Trinajstić information content (AvgIpc) is 3.20. The van der Waals surface area contributed by atoms with E-state index in [1.54, 1.807) is 0 Å². The van der Waals surface area contributed by atoms with E-state index in [2.05, 4.69) is 108 Å². The largest absolute Gasteiger partial charge is 0.372 e. The molecule has 54 heavy (non-hydrogen) atoms. The van der Waals surface area contributed by atoms with E-state index in [9.17, 15) is 0 Å². The molecule has 0 spiro atoms. The Morgan fingerprint density at radius 2 is 0.630 bits per heavy atom. The maximum Gasteiger partial charge on any atom is 0.200 e. The van der Waals surface area contributed by atoms with Crippen LogP contribution in [-0.2, 0) is 35.9 Å². The highest BCUT2D eigenvalue weighted by Crippen LogP contribution is 2.26. The number of benzene rings is 6. The predicted octanol–water partition coefficient (Wildman–Crippen LogP) is 10.7. The summed E-state index contributed by atoms with van der Waals surface area (Å²) >= 11 is 0. The van der Waals surface area contributed by atoms with E-state index >= 15 is 0 Å². The Morgan fingerprint density at radius 3 is 0.926 bits per heavy atom. The number of guanidine groups is 2. The lowest BCUT2D eigenvalue weighted by molar-refractivity contribution is 0.108. The van der Waals surface area contributed by atoms with E-state index < -0.39 is 0 Å². The second kappa shape index (κ2) is 18.0. The Balaban J connectivity index is 1.25. The number of nitrogens with one attached hydrogen (secondary N) is 4. The molecule has 6 aromatic rings. The molecular formula is C46H46N6O2. The summed E-state index contributed by atoms with van der Waals surface area (Å²) in [5.41, 5.74) is 9.90. The summed E-state index contributed by atoms with van der Waals surface area (Å²) in [7, 11) is 0. The molecule has 7 rings (SSSR count). The summed E-state index contributed by atoms with van der Waals surface area (Å²) in [6.07, 6.45) is 0. The zero-order chi connectivity index (χ0) is 37.0. The first-order valence-electron chi connectivity index (χ1n) is 18.4. The lowest BCUT2D eigenvalue weighted by atomic mass is 10.1. The molecule has 2 atom stereocenters. The second-order valence-electron chi connectivity index (χ2n) is 13.2. The molecule has 6 aromatic carbocycles. The fourth-order valence-electron chi connectivity index (χ4n) is 6.32. The molecule has 0 bridgehead atoms. The number of hydrogen-bond acceptors (Lipinski definition) is 4. The Morgan fingerprint density at radius 1 is 0.370 bits per heavy atom. The van der Waals surface area contributed by atoms with Gasteiger partial charge in [0.25, 0.3) is 0 Å². The smallest absolute Gasteiger partial charge is 0.200 e. The Kier molecular flexibility index (Phi) is 12.1. The van der Waals surface area contributed by atoms with Crippen molar-refractivity contribution in [1.29, 1.82) is 0 Å². The third-order valence-electron chi connectivity index (χ3n) is 9.32. The van der Waals surface area contributed by atoms with Crippen LogP contribution in [-0.4, -0.2) is 11.9 Å². The number of para-hydroxylation sites is 4. The fourth-order valence-corrected chi connectivity index (χ4v) is 6.32. The van der Waals surface area contributed by atoms with Crippen molar-refractivity contribution in [3.63, 3.8) is 0 Å². The summed E-state index contributed by atoms with van der Waals surface area (Å²) < 4.78 is 12.9. The molecular weight excluding hydrogens is 669 g/mol. The fraction of sp³-hybridized carbons (Fsp3) is 0.174. The monoisotopic (exact) mass is 714 g/mol. The molecule has 1 aliphatic heterocycles. The van der Waals surface area contributed by atoms with Crippen LogP contribution in [0.3, 0.4) is 0 Å². The lowest BCUT2D eigenvalue weighted by Crippen LogP contribution is -2.25. The number of hydrogen-bond donors (Lipinski definition) is 4. The van der Waals surface area contributed by atoms with E-state index in [0.717, 1.165) is 56.1 Å². The van der Waals surface area contributed by atoms with Crippen molar-refractivity contribution >= 4 is 34.7 Å². The summed E-state index contributed by atoms with van der Waals surface area (Å²) in [5.74, 6) is 1.25. The molecule has 0 saturated heterocycles. The van der Waals surface area contributed by atoms with Crippen LogP contribution in [0.1, 0.15) is 59.3 Å². The molecule has 0 unspecified atom stereocenters. The Hall–Kier alpha value is -6.22.